The molecule has 0 aliphatic rings. The van der Waals surface area contributed by atoms with E-state index in [1.807, 2.05) is 0 Å². The summed E-state index contributed by atoms with van der Waals surface area (Å²) in [5.41, 5.74) is 0. The molecule has 0 N–H and O–H groups in total. The zero-order valence-corrected chi connectivity index (χ0v) is 7.71. The molecule has 1 nitrogen and oxygen atoms in total. The minimum absolute atomic E-state index is 0. The fourth-order valence-electron chi connectivity index (χ4n) is 0. The van der Waals surface area contributed by atoms with Crippen molar-refractivity contribution in [3.05, 3.63) is 0 Å². The molecule has 0 saturated heterocycles. The Morgan fingerprint density at radius 2 is 1.25 bits per heavy atom. The molecule has 0 saturated carbocycles. The van der Waals surface area contributed by atoms with Gasteiger partial charge in [-0.1, -0.05) is 0 Å². The van der Waals surface area contributed by atoms with Gasteiger partial charge in [-0.05, 0) is 0 Å². The molecule has 0 amide bonds. The van der Waals surface area contributed by atoms with Crippen LogP contribution in [0.15, 0.2) is 0 Å². The molecule has 2 radical (unpaired) electrons. The van der Waals surface area contributed by atoms with E-state index in [9.17, 15) is 0 Å². The van der Waals surface area contributed by atoms with Gasteiger partial charge in [0.2, 0.25) is 0 Å². The SMILES string of the molecule is O=[P].[Na].[Zr]. The molecular weight excluding hydrogens is 161 g/mol. The molecular formula is NaOPZr. The van der Waals surface area contributed by atoms with Gasteiger partial charge in [0.1, 0.15) is 0 Å². The number of hydrogen-bond acceptors (Lipinski definition) is 1. The summed E-state index contributed by atoms with van der Waals surface area (Å²) in [6.07, 6.45) is 0. The summed E-state index contributed by atoms with van der Waals surface area (Å²) in [5.74, 6) is 0. The van der Waals surface area contributed by atoms with Crippen molar-refractivity contribution in [2.45, 2.75) is 0 Å². The second-order valence-corrected chi connectivity index (χ2v) is 0. The fourth-order valence-corrected chi connectivity index (χ4v) is 0. The van der Waals surface area contributed by atoms with Crippen LogP contribution in [-0.2, 0) is 30.8 Å². The summed E-state index contributed by atoms with van der Waals surface area (Å²) in [5, 5.41) is 0. The van der Waals surface area contributed by atoms with Crippen LogP contribution in [0.4, 0.5) is 0 Å². The van der Waals surface area contributed by atoms with Gasteiger partial charge in [-0.15, -0.1) is 0 Å². The molecule has 0 heterocycles. The molecule has 0 aliphatic heterocycles. The van der Waals surface area contributed by atoms with Crippen molar-refractivity contribution < 1.29 is 30.8 Å². The summed E-state index contributed by atoms with van der Waals surface area (Å²) in [4.78, 5) is 0. The Bertz CT molecular complexity index is 8.00. The topological polar surface area (TPSA) is 17.1 Å². The zero-order valence-electron chi connectivity index (χ0n) is 2.36. The molecule has 0 unspecified atom stereocenters. The minimum atomic E-state index is 0. The first-order chi connectivity index (χ1) is 1.00. The van der Waals surface area contributed by atoms with Crippen LogP contribution in [0.5, 0.6) is 0 Å². The van der Waals surface area contributed by atoms with Crippen LogP contribution in [0.1, 0.15) is 0 Å². The van der Waals surface area contributed by atoms with Crippen LogP contribution < -0.4 is 0 Å². The van der Waals surface area contributed by atoms with E-state index in [0.717, 1.165) is 0 Å². The number of rotatable bonds is 0. The molecule has 0 atom stereocenters. The molecule has 0 rings (SSSR count). The van der Waals surface area contributed by atoms with Gasteiger partial charge in [0.05, 0.1) is 0 Å². The Morgan fingerprint density at radius 3 is 1.25 bits per heavy atom. The predicted octanol–water partition coefficient (Wildman–Crippen LogP) is 0.359. The van der Waals surface area contributed by atoms with Crippen molar-refractivity contribution in [1.29, 1.82) is 0 Å². The quantitative estimate of drug-likeness (QED) is 0.370. The third-order valence-electron chi connectivity index (χ3n) is 0. The average molecular weight is 161 g/mol. The standard InChI is InChI=1S/Na.OP.Zr/c;1-2;. The molecule has 4 heteroatoms. The van der Waals surface area contributed by atoms with Crippen molar-refractivity contribution in [3.63, 3.8) is 0 Å². The van der Waals surface area contributed by atoms with Crippen LogP contribution in [-0.4, -0.2) is 29.6 Å². The second-order valence-electron chi connectivity index (χ2n) is 0. The molecule has 0 aliphatic carbocycles. The fraction of sp³-hybridized carbons (Fsp3) is 0. The number of hydrogen-bond donors (Lipinski definition) is 0. The molecule has 0 aromatic carbocycles. The maximum atomic E-state index is 7.94. The maximum absolute atomic E-state index is 7.94. The van der Waals surface area contributed by atoms with Gasteiger partial charge >= 0.3 is 0 Å². The Balaban J connectivity index is -0.00000000500. The maximum Gasteiger partial charge on any atom is 0.261 e. The van der Waals surface area contributed by atoms with Crippen LogP contribution in [0, 0.1) is 0 Å². The first kappa shape index (κ1) is 16.7. The van der Waals surface area contributed by atoms with Crippen LogP contribution in [0.2, 0.25) is 0 Å². The van der Waals surface area contributed by atoms with E-state index in [4.69, 9.17) is 4.57 Å². The van der Waals surface area contributed by atoms with Crippen LogP contribution in [0.25, 0.3) is 0 Å². The monoisotopic (exact) mass is 160 g/mol. The summed E-state index contributed by atoms with van der Waals surface area (Å²) >= 11 is 0. The summed E-state index contributed by atoms with van der Waals surface area (Å²) in [6.45, 7) is 0. The minimum Gasteiger partial charge on any atom is -0.261 e. The van der Waals surface area contributed by atoms with E-state index in [2.05, 4.69) is 9.12 Å². The van der Waals surface area contributed by atoms with E-state index in [1.165, 1.54) is 0 Å². The van der Waals surface area contributed by atoms with Gasteiger partial charge in [0.25, 0.3) is 9.12 Å². The smallest absolute Gasteiger partial charge is 0.261 e. The Hall–Kier alpha value is 1.98. The molecule has 0 fully saturated rings. The Kier molecular flexibility index (Phi) is 83.9. The van der Waals surface area contributed by atoms with E-state index < -0.39 is 0 Å². The van der Waals surface area contributed by atoms with E-state index in [1.54, 1.807) is 0 Å². The van der Waals surface area contributed by atoms with Crippen LogP contribution >= 0.6 is 9.12 Å². The summed E-state index contributed by atoms with van der Waals surface area (Å²) < 4.78 is 7.94. The molecule has 4 heavy (non-hydrogen) atoms. The zero-order chi connectivity index (χ0) is 2.00. The van der Waals surface area contributed by atoms with E-state index in [0.29, 0.717) is 0 Å². The van der Waals surface area contributed by atoms with Crippen molar-refractivity contribution >= 4 is 38.7 Å². The molecule has 0 bridgehead atoms. The van der Waals surface area contributed by atoms with Gasteiger partial charge in [-0.2, -0.15) is 0 Å². The first-order valence-electron chi connectivity index (χ1n) is 0.183. The van der Waals surface area contributed by atoms with Gasteiger partial charge in [-0.3, -0.25) is 4.57 Å². The molecule has 16 valence electrons. The van der Waals surface area contributed by atoms with Crippen LogP contribution in [0.3, 0.4) is 0 Å². The normalized spacial score (nSPS) is 1.00. The predicted molar refractivity (Wildman–Crippen MR) is 13.4 cm³/mol. The second kappa shape index (κ2) is 20.1. The third-order valence-corrected chi connectivity index (χ3v) is 0. The van der Waals surface area contributed by atoms with Gasteiger partial charge in [-0.25, -0.2) is 0 Å². The van der Waals surface area contributed by atoms with E-state index in [-0.39, 0.29) is 55.8 Å². The molecule has 0 aromatic rings. The largest absolute Gasteiger partial charge is 0.261 e. The third kappa shape index (κ3) is 9.01. The van der Waals surface area contributed by atoms with E-state index >= 15 is 0 Å². The molecule has 0 aromatic heterocycles. The van der Waals surface area contributed by atoms with Crippen molar-refractivity contribution in [2.24, 2.45) is 0 Å². The first-order valence-corrected chi connectivity index (χ1v) is 0.548. The van der Waals surface area contributed by atoms with Gasteiger partial charge in [0, 0.05) is 55.8 Å². The summed E-state index contributed by atoms with van der Waals surface area (Å²) in [7, 11) is 2.28. The Labute approximate surface area is 68.6 Å². The van der Waals surface area contributed by atoms with Crippen molar-refractivity contribution in [3.8, 4) is 0 Å². The average Bonchev–Trinajstić information content (AvgIpc) is 1.00. The summed E-state index contributed by atoms with van der Waals surface area (Å²) in [6, 6.07) is 0. The van der Waals surface area contributed by atoms with Crippen molar-refractivity contribution in [1.82, 2.24) is 0 Å². The van der Waals surface area contributed by atoms with Gasteiger partial charge < -0.3 is 0 Å². The Morgan fingerprint density at radius 1 is 1.25 bits per heavy atom. The molecule has 0 spiro atoms. The van der Waals surface area contributed by atoms with Gasteiger partial charge in [0.15, 0.2) is 0 Å². The van der Waals surface area contributed by atoms with Crippen molar-refractivity contribution in [2.75, 3.05) is 0 Å².